The Bertz CT molecular complexity index is 983. The number of carbonyl (C=O) groups excluding carboxylic acids is 2. The minimum Gasteiger partial charge on any atom is -0.481 e. The SMILES string of the molecule is O=C(O)CC1C=C(CN2C(=O)c3ccccc3C2=O)C=Cc2ccccc21. The molecular formula is C22H17NO4. The molecule has 5 heteroatoms. The third-order valence-electron chi connectivity index (χ3n) is 4.90. The maximum atomic E-state index is 12.6. The number of rotatable bonds is 4. The van der Waals surface area contributed by atoms with Crippen LogP contribution in [0, 0.1) is 0 Å². The van der Waals surface area contributed by atoms with Gasteiger partial charge in [-0.25, -0.2) is 0 Å². The summed E-state index contributed by atoms with van der Waals surface area (Å²) in [5.41, 5.74) is 3.43. The van der Waals surface area contributed by atoms with Gasteiger partial charge in [0, 0.05) is 5.92 Å². The van der Waals surface area contributed by atoms with Gasteiger partial charge in [0.15, 0.2) is 0 Å². The van der Waals surface area contributed by atoms with Gasteiger partial charge in [-0.15, -0.1) is 0 Å². The molecule has 1 heterocycles. The number of fused-ring (bicyclic) bond motifs is 2. The van der Waals surface area contributed by atoms with Crippen molar-refractivity contribution in [2.24, 2.45) is 0 Å². The number of benzene rings is 2. The Hall–Kier alpha value is -3.47. The Labute approximate surface area is 156 Å². The predicted octanol–water partition coefficient (Wildman–Crippen LogP) is 3.49. The lowest BCUT2D eigenvalue weighted by atomic mass is 9.91. The largest absolute Gasteiger partial charge is 0.481 e. The van der Waals surface area contributed by atoms with E-state index < -0.39 is 5.97 Å². The number of carboxylic acids is 1. The Balaban J connectivity index is 1.66. The number of hydrogen-bond donors (Lipinski definition) is 1. The quantitative estimate of drug-likeness (QED) is 0.848. The summed E-state index contributed by atoms with van der Waals surface area (Å²) in [6, 6.07) is 14.4. The number of amides is 2. The van der Waals surface area contributed by atoms with Gasteiger partial charge >= 0.3 is 5.97 Å². The van der Waals surface area contributed by atoms with E-state index in [1.54, 1.807) is 24.3 Å². The van der Waals surface area contributed by atoms with E-state index in [4.69, 9.17) is 0 Å². The number of nitrogens with zero attached hydrogens (tertiary/aromatic N) is 1. The highest BCUT2D eigenvalue weighted by Crippen LogP contribution is 2.31. The molecule has 134 valence electrons. The van der Waals surface area contributed by atoms with Gasteiger partial charge in [-0.3, -0.25) is 19.3 Å². The fourth-order valence-corrected chi connectivity index (χ4v) is 3.63. The topological polar surface area (TPSA) is 74.7 Å². The summed E-state index contributed by atoms with van der Waals surface area (Å²) in [7, 11) is 0. The van der Waals surface area contributed by atoms with E-state index in [1.165, 1.54) is 4.90 Å². The Morgan fingerprint density at radius 2 is 1.56 bits per heavy atom. The van der Waals surface area contributed by atoms with Crippen LogP contribution < -0.4 is 0 Å². The average Bonchev–Trinajstić information content (AvgIpc) is 2.80. The highest BCUT2D eigenvalue weighted by molar-refractivity contribution is 6.21. The molecule has 2 aromatic rings. The van der Waals surface area contributed by atoms with E-state index in [-0.39, 0.29) is 30.7 Å². The molecule has 1 atom stereocenters. The molecule has 1 aliphatic heterocycles. The first kappa shape index (κ1) is 17.0. The van der Waals surface area contributed by atoms with Crippen molar-refractivity contribution in [1.82, 2.24) is 4.90 Å². The molecule has 1 N–H and O–H groups in total. The zero-order valence-electron chi connectivity index (χ0n) is 14.5. The molecule has 1 unspecified atom stereocenters. The Morgan fingerprint density at radius 3 is 2.22 bits per heavy atom. The number of carbonyl (C=O) groups is 3. The zero-order valence-corrected chi connectivity index (χ0v) is 14.5. The van der Waals surface area contributed by atoms with Crippen LogP contribution >= 0.6 is 0 Å². The molecule has 0 saturated heterocycles. The summed E-state index contributed by atoms with van der Waals surface area (Å²) in [6.45, 7) is 0.118. The molecule has 1 aliphatic carbocycles. The lowest BCUT2D eigenvalue weighted by Crippen LogP contribution is -2.31. The van der Waals surface area contributed by atoms with Gasteiger partial charge in [-0.05, 0) is 28.8 Å². The fraction of sp³-hybridized carbons (Fsp3) is 0.136. The van der Waals surface area contributed by atoms with Gasteiger partial charge in [-0.2, -0.15) is 0 Å². The van der Waals surface area contributed by atoms with Crippen molar-refractivity contribution in [2.75, 3.05) is 6.54 Å². The van der Waals surface area contributed by atoms with Gasteiger partial charge in [0.25, 0.3) is 11.8 Å². The maximum absolute atomic E-state index is 12.6. The van der Waals surface area contributed by atoms with Crippen LogP contribution in [0.2, 0.25) is 0 Å². The second kappa shape index (κ2) is 6.68. The van der Waals surface area contributed by atoms with Crippen LogP contribution in [0.3, 0.4) is 0 Å². The number of aliphatic carboxylic acids is 1. The summed E-state index contributed by atoms with van der Waals surface area (Å²) in [4.78, 5) is 37.8. The van der Waals surface area contributed by atoms with E-state index in [1.807, 2.05) is 42.5 Å². The van der Waals surface area contributed by atoms with Crippen molar-refractivity contribution in [1.29, 1.82) is 0 Å². The van der Waals surface area contributed by atoms with E-state index in [2.05, 4.69) is 0 Å². The van der Waals surface area contributed by atoms with Crippen LogP contribution in [0.1, 0.15) is 44.2 Å². The summed E-state index contributed by atoms with van der Waals surface area (Å²) in [5.74, 6) is -1.85. The smallest absolute Gasteiger partial charge is 0.304 e. The summed E-state index contributed by atoms with van der Waals surface area (Å²) >= 11 is 0. The maximum Gasteiger partial charge on any atom is 0.304 e. The first-order chi connectivity index (χ1) is 13.0. The lowest BCUT2D eigenvalue weighted by molar-refractivity contribution is -0.137. The van der Waals surface area contributed by atoms with E-state index in [0.29, 0.717) is 11.1 Å². The number of hydrogen-bond acceptors (Lipinski definition) is 3. The minimum absolute atomic E-state index is 0.0513. The molecular weight excluding hydrogens is 342 g/mol. The number of carboxylic acid groups (broad SMARTS) is 1. The summed E-state index contributed by atoms with van der Waals surface area (Å²) in [6.07, 6.45) is 5.55. The predicted molar refractivity (Wildman–Crippen MR) is 100 cm³/mol. The van der Waals surface area contributed by atoms with Crippen molar-refractivity contribution in [2.45, 2.75) is 12.3 Å². The van der Waals surface area contributed by atoms with Crippen LogP contribution in [0.4, 0.5) is 0 Å². The van der Waals surface area contributed by atoms with Crippen LogP contribution in [-0.2, 0) is 4.79 Å². The molecule has 0 radical (unpaired) electrons. The molecule has 0 spiro atoms. The van der Waals surface area contributed by atoms with Crippen LogP contribution in [-0.4, -0.2) is 34.3 Å². The average molecular weight is 359 g/mol. The number of imide groups is 1. The van der Waals surface area contributed by atoms with Crippen molar-refractivity contribution in [3.63, 3.8) is 0 Å². The molecule has 2 amide bonds. The molecule has 0 saturated carbocycles. The third kappa shape index (κ3) is 3.08. The third-order valence-corrected chi connectivity index (χ3v) is 4.90. The summed E-state index contributed by atoms with van der Waals surface area (Å²) < 4.78 is 0. The molecule has 0 fully saturated rings. The van der Waals surface area contributed by atoms with Crippen LogP contribution in [0.5, 0.6) is 0 Å². The first-order valence-corrected chi connectivity index (χ1v) is 8.69. The molecule has 4 rings (SSSR count). The van der Waals surface area contributed by atoms with Crippen molar-refractivity contribution in [3.8, 4) is 0 Å². The molecule has 2 aliphatic rings. The molecule has 0 aromatic heterocycles. The van der Waals surface area contributed by atoms with E-state index in [9.17, 15) is 19.5 Å². The monoisotopic (exact) mass is 359 g/mol. The Morgan fingerprint density at radius 1 is 0.926 bits per heavy atom. The van der Waals surface area contributed by atoms with Crippen molar-refractivity contribution >= 4 is 23.9 Å². The van der Waals surface area contributed by atoms with Crippen molar-refractivity contribution < 1.29 is 19.5 Å². The van der Waals surface area contributed by atoms with Gasteiger partial charge in [-0.1, -0.05) is 54.6 Å². The first-order valence-electron chi connectivity index (χ1n) is 8.69. The van der Waals surface area contributed by atoms with Crippen molar-refractivity contribution in [3.05, 3.63) is 88.5 Å². The second-order valence-corrected chi connectivity index (χ2v) is 6.65. The minimum atomic E-state index is -0.895. The number of allylic oxidation sites excluding steroid dienone is 1. The van der Waals surface area contributed by atoms with Crippen LogP contribution in [0.15, 0.2) is 66.3 Å². The highest BCUT2D eigenvalue weighted by Gasteiger charge is 2.35. The second-order valence-electron chi connectivity index (χ2n) is 6.65. The summed E-state index contributed by atoms with van der Waals surface area (Å²) in [5, 5.41) is 9.29. The molecule has 5 nitrogen and oxygen atoms in total. The fourth-order valence-electron chi connectivity index (χ4n) is 3.63. The molecule has 2 aromatic carbocycles. The van der Waals surface area contributed by atoms with Gasteiger partial charge < -0.3 is 5.11 Å². The molecule has 0 bridgehead atoms. The standard InChI is InChI=1S/C22H17NO4/c24-20(25)12-16-11-14(9-10-15-5-1-2-6-17(15)16)13-23-21(26)18-7-3-4-8-19(18)22(23)27/h1-11,16H,12-13H2,(H,24,25). The normalized spacial score (nSPS) is 18.0. The van der Waals surface area contributed by atoms with Gasteiger partial charge in [0.2, 0.25) is 0 Å². The van der Waals surface area contributed by atoms with E-state index in [0.717, 1.165) is 16.7 Å². The van der Waals surface area contributed by atoms with Gasteiger partial charge in [0.05, 0.1) is 24.1 Å². The highest BCUT2D eigenvalue weighted by atomic mass is 16.4. The van der Waals surface area contributed by atoms with Gasteiger partial charge in [0.1, 0.15) is 0 Å². The van der Waals surface area contributed by atoms with E-state index >= 15 is 0 Å². The zero-order chi connectivity index (χ0) is 19.0. The molecule has 27 heavy (non-hydrogen) atoms. The lowest BCUT2D eigenvalue weighted by Gasteiger charge is -2.16. The Kier molecular flexibility index (Phi) is 4.20. The van der Waals surface area contributed by atoms with Crippen LogP contribution in [0.25, 0.3) is 6.08 Å².